The molecule has 12 heteroatoms. The van der Waals surface area contributed by atoms with Crippen molar-refractivity contribution in [3.05, 3.63) is 131 Å². The zero-order chi connectivity index (χ0) is 40.9. The molecule has 0 bridgehead atoms. The van der Waals surface area contributed by atoms with Crippen LogP contribution in [0.15, 0.2) is 108 Å². The Kier molecular flexibility index (Phi) is 14.4. The van der Waals surface area contributed by atoms with E-state index in [2.05, 4.69) is 10.6 Å². The van der Waals surface area contributed by atoms with E-state index in [0.717, 1.165) is 11.1 Å². The van der Waals surface area contributed by atoms with Crippen LogP contribution in [0.3, 0.4) is 0 Å². The first-order valence-corrected chi connectivity index (χ1v) is 17.8. The van der Waals surface area contributed by atoms with Crippen molar-refractivity contribution >= 4 is 36.3 Å². The lowest BCUT2D eigenvalue weighted by molar-refractivity contribution is -0.141. The molecule has 0 spiro atoms. The van der Waals surface area contributed by atoms with E-state index in [0.29, 0.717) is 33.8 Å². The highest BCUT2D eigenvalue weighted by molar-refractivity contribution is 5.98. The number of methoxy groups -OCH3 is 2. The Morgan fingerprint density at radius 3 is 1.21 bits per heavy atom. The van der Waals surface area contributed by atoms with Crippen LogP contribution in [0.1, 0.15) is 63.8 Å². The summed E-state index contributed by atoms with van der Waals surface area (Å²) >= 11 is 0. The van der Waals surface area contributed by atoms with Gasteiger partial charge in [-0.2, -0.15) is 0 Å². The van der Waals surface area contributed by atoms with Crippen LogP contribution in [-0.4, -0.2) is 49.5 Å². The Morgan fingerprint density at radius 1 is 0.536 bits per heavy atom. The smallest absolute Gasteiger partial charge is 0.412 e. The summed E-state index contributed by atoms with van der Waals surface area (Å²) in [6.07, 6.45) is 1.19. The van der Waals surface area contributed by atoms with E-state index in [4.69, 9.17) is 28.4 Å². The van der Waals surface area contributed by atoms with Gasteiger partial charge in [0.15, 0.2) is 0 Å². The summed E-state index contributed by atoms with van der Waals surface area (Å²) in [6, 6.07) is 28.8. The van der Waals surface area contributed by atoms with Gasteiger partial charge in [0.05, 0.1) is 14.2 Å². The van der Waals surface area contributed by atoms with E-state index in [9.17, 15) is 19.2 Å². The predicted molar refractivity (Wildman–Crippen MR) is 212 cm³/mol. The second-order valence-corrected chi connectivity index (χ2v) is 14.4. The molecule has 4 aromatic rings. The van der Waals surface area contributed by atoms with Crippen LogP contribution in [0.4, 0.5) is 9.59 Å². The van der Waals surface area contributed by atoms with Crippen molar-refractivity contribution in [2.45, 2.75) is 66.0 Å². The molecule has 0 aromatic heterocycles. The monoisotopic (exact) mass is 764 g/mol. The van der Waals surface area contributed by atoms with Crippen LogP contribution in [-0.2, 0) is 41.8 Å². The third-order valence-electron chi connectivity index (χ3n) is 7.53. The maximum absolute atomic E-state index is 13.4. The van der Waals surface area contributed by atoms with Crippen LogP contribution >= 0.6 is 0 Å². The van der Waals surface area contributed by atoms with Gasteiger partial charge in [0, 0.05) is 11.1 Å². The number of hydrogen-bond donors (Lipinski definition) is 2. The number of carbonyl (C=O) groups is 4. The molecule has 4 aromatic carbocycles. The predicted octanol–water partition coefficient (Wildman–Crippen LogP) is 8.59. The van der Waals surface area contributed by atoms with Gasteiger partial charge in [-0.25, -0.2) is 19.2 Å². The number of hydrogen-bond acceptors (Lipinski definition) is 10. The maximum atomic E-state index is 13.4. The van der Waals surface area contributed by atoms with Crippen molar-refractivity contribution in [2.75, 3.05) is 14.2 Å². The van der Waals surface area contributed by atoms with E-state index < -0.39 is 35.3 Å². The molecule has 0 aliphatic carbocycles. The number of alkyl carbamates (subject to hydrolysis) is 2. The van der Waals surface area contributed by atoms with Gasteiger partial charge in [-0.1, -0.05) is 72.8 Å². The van der Waals surface area contributed by atoms with Gasteiger partial charge >= 0.3 is 24.1 Å². The quantitative estimate of drug-likeness (QED) is 0.0771. The van der Waals surface area contributed by atoms with Crippen molar-refractivity contribution in [3.8, 4) is 22.6 Å². The summed E-state index contributed by atoms with van der Waals surface area (Å²) in [5, 5.41) is 5.06. The standard InChI is InChI=1S/C44H48N2O10/c1-43(2,3)55-41(49)45-35(39(47)53-27-29-15-11-9-12-16-29)25-33-23-31(19-21-37(33)51-7)32-20-22-38(52-8)34(24-32)26-36(46-42(50)56-44(4,5)6)40(48)54-28-30-17-13-10-14-18-30/h9-26H,27-28H2,1-8H3,(H,45,49)(H,46,50)/b35-25-,36-26-. The number of benzene rings is 4. The minimum Gasteiger partial charge on any atom is -0.496 e. The van der Waals surface area contributed by atoms with Gasteiger partial charge in [-0.15, -0.1) is 0 Å². The van der Waals surface area contributed by atoms with Crippen LogP contribution in [0.5, 0.6) is 11.5 Å². The third kappa shape index (κ3) is 13.4. The number of carbonyl (C=O) groups excluding carboxylic acids is 4. The first kappa shape index (κ1) is 42.2. The molecule has 0 saturated carbocycles. The van der Waals surface area contributed by atoms with Gasteiger partial charge in [0.2, 0.25) is 0 Å². The minimum atomic E-state index is -0.847. The third-order valence-corrected chi connectivity index (χ3v) is 7.53. The highest BCUT2D eigenvalue weighted by Gasteiger charge is 2.23. The van der Waals surface area contributed by atoms with Crippen LogP contribution < -0.4 is 20.1 Å². The molecule has 0 aliphatic heterocycles. The summed E-state index contributed by atoms with van der Waals surface area (Å²) in [5.41, 5.74) is 1.67. The molecular weight excluding hydrogens is 716 g/mol. The Balaban J connectivity index is 1.74. The van der Waals surface area contributed by atoms with Gasteiger partial charge in [0.25, 0.3) is 0 Å². The SMILES string of the molecule is COc1ccc(-c2ccc(OC)c(/C=C(\NC(=O)OC(C)(C)C)C(=O)OCc3ccccc3)c2)cc1/C=C(\NC(=O)OC(C)(C)C)C(=O)OCc1ccccc1. The summed E-state index contributed by atoms with van der Waals surface area (Å²) in [6.45, 7) is 10.2. The van der Waals surface area contributed by atoms with Crippen molar-refractivity contribution in [2.24, 2.45) is 0 Å². The minimum absolute atomic E-state index is 0.0309. The van der Waals surface area contributed by atoms with Crippen molar-refractivity contribution < 1.29 is 47.6 Å². The molecule has 0 saturated heterocycles. The Bertz CT molecular complexity index is 1910. The summed E-state index contributed by atoms with van der Waals surface area (Å²) in [7, 11) is 2.96. The molecule has 0 fully saturated rings. The number of esters is 2. The van der Waals surface area contributed by atoms with Crippen molar-refractivity contribution in [1.29, 1.82) is 0 Å². The highest BCUT2D eigenvalue weighted by Crippen LogP contribution is 2.32. The molecule has 0 heterocycles. The molecule has 0 aliphatic rings. The average Bonchev–Trinajstić information content (AvgIpc) is 3.14. The van der Waals surface area contributed by atoms with Crippen molar-refractivity contribution in [1.82, 2.24) is 10.6 Å². The Hall–Kier alpha value is -6.56. The topological polar surface area (TPSA) is 148 Å². The summed E-state index contributed by atoms with van der Waals surface area (Å²) in [5.74, 6) is -0.806. The van der Waals surface area contributed by atoms with Crippen LogP contribution in [0, 0.1) is 0 Å². The van der Waals surface area contributed by atoms with Crippen LogP contribution in [0.25, 0.3) is 23.3 Å². The zero-order valence-electron chi connectivity index (χ0n) is 32.9. The first-order valence-electron chi connectivity index (χ1n) is 17.8. The molecule has 0 unspecified atom stereocenters. The fourth-order valence-corrected chi connectivity index (χ4v) is 5.09. The molecule has 2 amide bonds. The number of rotatable bonds is 13. The molecular formula is C44H48N2O10. The molecule has 4 rings (SSSR count). The molecule has 2 N–H and O–H groups in total. The van der Waals surface area contributed by atoms with E-state index in [-0.39, 0.29) is 24.6 Å². The van der Waals surface area contributed by atoms with E-state index in [1.54, 1.807) is 77.9 Å². The highest BCUT2D eigenvalue weighted by atomic mass is 16.6. The lowest BCUT2D eigenvalue weighted by atomic mass is 9.99. The number of ether oxygens (including phenoxy) is 6. The largest absolute Gasteiger partial charge is 0.496 e. The van der Waals surface area contributed by atoms with Gasteiger partial charge in [-0.3, -0.25) is 10.6 Å². The van der Waals surface area contributed by atoms with E-state index in [1.165, 1.54) is 26.4 Å². The van der Waals surface area contributed by atoms with Gasteiger partial charge < -0.3 is 28.4 Å². The molecule has 0 atom stereocenters. The second kappa shape index (κ2) is 19.2. The van der Waals surface area contributed by atoms with E-state index in [1.807, 2.05) is 60.7 Å². The lowest BCUT2D eigenvalue weighted by Gasteiger charge is -2.20. The molecule has 12 nitrogen and oxygen atoms in total. The van der Waals surface area contributed by atoms with Crippen molar-refractivity contribution in [3.63, 3.8) is 0 Å². The zero-order valence-corrected chi connectivity index (χ0v) is 32.9. The fraction of sp³-hybridized carbons (Fsp3) is 0.273. The second-order valence-electron chi connectivity index (χ2n) is 14.4. The Morgan fingerprint density at radius 2 is 0.893 bits per heavy atom. The maximum Gasteiger partial charge on any atom is 0.412 e. The number of amides is 2. The molecule has 294 valence electrons. The van der Waals surface area contributed by atoms with Gasteiger partial charge in [-0.05, 0) is 100 Å². The fourth-order valence-electron chi connectivity index (χ4n) is 5.09. The average molecular weight is 765 g/mol. The Labute approximate surface area is 327 Å². The molecule has 56 heavy (non-hydrogen) atoms. The first-order chi connectivity index (χ1) is 26.5. The summed E-state index contributed by atoms with van der Waals surface area (Å²) in [4.78, 5) is 52.6. The number of nitrogens with one attached hydrogen (secondary N) is 2. The molecule has 0 radical (unpaired) electrons. The normalized spacial score (nSPS) is 11.9. The summed E-state index contributed by atoms with van der Waals surface area (Å²) < 4.78 is 33.2. The van der Waals surface area contributed by atoms with Crippen LogP contribution in [0.2, 0.25) is 0 Å². The lowest BCUT2D eigenvalue weighted by Crippen LogP contribution is -2.34. The van der Waals surface area contributed by atoms with Gasteiger partial charge in [0.1, 0.15) is 47.3 Å². The van der Waals surface area contributed by atoms with E-state index >= 15 is 0 Å².